The number of likely N-dealkylation sites (tertiary alicyclic amines) is 1. The molecule has 0 saturated carbocycles. The van der Waals surface area contributed by atoms with Crippen molar-refractivity contribution in [2.75, 3.05) is 13.1 Å². The first-order chi connectivity index (χ1) is 8.40. The number of aliphatic carboxylic acids is 1. The van der Waals surface area contributed by atoms with Gasteiger partial charge in [-0.3, -0.25) is 9.69 Å². The highest BCUT2D eigenvalue weighted by molar-refractivity contribution is 9.10. The van der Waals surface area contributed by atoms with Crippen molar-refractivity contribution in [3.05, 3.63) is 33.8 Å². The molecule has 1 aromatic rings. The maximum Gasteiger partial charge on any atom is 0.310 e. The molecule has 0 amide bonds. The SMILES string of the molecule is Cc1cc(CN2CCC(C)(C(=O)O)C2)ccc1Br. The molecule has 1 unspecified atom stereocenters. The first-order valence-electron chi connectivity index (χ1n) is 6.11. The molecule has 2 rings (SSSR count). The Kier molecular flexibility index (Phi) is 3.78. The van der Waals surface area contributed by atoms with E-state index in [9.17, 15) is 9.90 Å². The molecule has 0 radical (unpaired) electrons. The number of benzene rings is 1. The molecular weight excluding hydrogens is 294 g/mol. The minimum absolute atomic E-state index is 0.579. The number of nitrogens with zero attached hydrogens (tertiary/aromatic N) is 1. The molecule has 1 saturated heterocycles. The molecule has 0 aliphatic carbocycles. The van der Waals surface area contributed by atoms with E-state index < -0.39 is 11.4 Å². The fourth-order valence-corrected chi connectivity index (χ4v) is 2.68. The highest BCUT2D eigenvalue weighted by Crippen LogP contribution is 2.31. The monoisotopic (exact) mass is 311 g/mol. The molecule has 18 heavy (non-hydrogen) atoms. The number of carbonyl (C=O) groups is 1. The summed E-state index contributed by atoms with van der Waals surface area (Å²) in [7, 11) is 0. The molecule has 1 aliphatic heterocycles. The van der Waals surface area contributed by atoms with Crippen molar-refractivity contribution in [3.63, 3.8) is 0 Å². The molecule has 1 fully saturated rings. The largest absolute Gasteiger partial charge is 0.481 e. The zero-order valence-corrected chi connectivity index (χ0v) is 12.3. The van der Waals surface area contributed by atoms with Gasteiger partial charge in [-0.1, -0.05) is 28.1 Å². The standard InChI is InChI=1S/C14H18BrNO2/c1-10-7-11(3-4-12(10)15)8-16-6-5-14(2,9-16)13(17)18/h3-4,7H,5-6,8-9H2,1-2H3,(H,17,18). The zero-order valence-electron chi connectivity index (χ0n) is 10.7. The van der Waals surface area contributed by atoms with Crippen molar-refractivity contribution in [2.45, 2.75) is 26.8 Å². The van der Waals surface area contributed by atoms with Gasteiger partial charge in [0.15, 0.2) is 0 Å². The summed E-state index contributed by atoms with van der Waals surface area (Å²) < 4.78 is 1.11. The molecule has 3 nitrogen and oxygen atoms in total. The molecule has 98 valence electrons. The van der Waals surface area contributed by atoms with Gasteiger partial charge in [-0.2, -0.15) is 0 Å². The number of carboxylic acid groups (broad SMARTS) is 1. The Labute approximate surface area is 116 Å². The second-order valence-electron chi connectivity index (χ2n) is 5.41. The van der Waals surface area contributed by atoms with Crippen LogP contribution in [0.2, 0.25) is 0 Å². The Hall–Kier alpha value is -0.870. The van der Waals surface area contributed by atoms with Crippen LogP contribution in [-0.4, -0.2) is 29.1 Å². The van der Waals surface area contributed by atoms with Crippen LogP contribution in [0.5, 0.6) is 0 Å². The minimum atomic E-state index is -0.683. The first kappa shape index (κ1) is 13.6. The van der Waals surface area contributed by atoms with Crippen LogP contribution in [0.1, 0.15) is 24.5 Å². The lowest BCUT2D eigenvalue weighted by molar-refractivity contribution is -0.147. The second-order valence-corrected chi connectivity index (χ2v) is 6.26. The highest BCUT2D eigenvalue weighted by Gasteiger charge is 2.40. The highest BCUT2D eigenvalue weighted by atomic mass is 79.9. The summed E-state index contributed by atoms with van der Waals surface area (Å²) in [5.41, 5.74) is 1.88. The van der Waals surface area contributed by atoms with Crippen LogP contribution < -0.4 is 0 Å². The van der Waals surface area contributed by atoms with Crippen LogP contribution in [0, 0.1) is 12.3 Å². The normalized spacial score (nSPS) is 24.4. The van der Waals surface area contributed by atoms with Crippen molar-refractivity contribution in [2.24, 2.45) is 5.41 Å². The third-order valence-corrected chi connectivity index (χ3v) is 4.59. The van der Waals surface area contributed by atoms with Gasteiger partial charge in [0, 0.05) is 17.6 Å². The third kappa shape index (κ3) is 2.75. The van der Waals surface area contributed by atoms with Crippen LogP contribution >= 0.6 is 15.9 Å². The van der Waals surface area contributed by atoms with E-state index in [0.29, 0.717) is 6.54 Å². The van der Waals surface area contributed by atoms with Gasteiger partial charge in [0.25, 0.3) is 0 Å². The van der Waals surface area contributed by atoms with Crippen LogP contribution in [0.15, 0.2) is 22.7 Å². The molecule has 0 spiro atoms. The second kappa shape index (κ2) is 5.02. The lowest BCUT2D eigenvalue weighted by Crippen LogP contribution is -2.31. The summed E-state index contributed by atoms with van der Waals surface area (Å²) in [4.78, 5) is 13.4. The molecule has 1 N–H and O–H groups in total. The topological polar surface area (TPSA) is 40.5 Å². The number of hydrogen-bond donors (Lipinski definition) is 1. The number of halogens is 1. The van der Waals surface area contributed by atoms with Gasteiger partial charge in [0.2, 0.25) is 0 Å². The Morgan fingerprint density at radius 2 is 2.28 bits per heavy atom. The molecule has 1 atom stereocenters. The molecular formula is C14H18BrNO2. The average molecular weight is 312 g/mol. The zero-order chi connectivity index (χ0) is 13.3. The Bertz CT molecular complexity index is 475. The number of carboxylic acids is 1. The van der Waals surface area contributed by atoms with E-state index in [-0.39, 0.29) is 0 Å². The number of hydrogen-bond acceptors (Lipinski definition) is 2. The minimum Gasteiger partial charge on any atom is -0.481 e. The molecule has 4 heteroatoms. The van der Waals surface area contributed by atoms with Gasteiger partial charge in [-0.05, 0) is 44.0 Å². The quantitative estimate of drug-likeness (QED) is 0.932. The smallest absolute Gasteiger partial charge is 0.310 e. The predicted octanol–water partition coefficient (Wildman–Crippen LogP) is 3.05. The Morgan fingerprint density at radius 1 is 1.56 bits per heavy atom. The van der Waals surface area contributed by atoms with Gasteiger partial charge < -0.3 is 5.11 Å². The van der Waals surface area contributed by atoms with E-state index in [1.807, 2.05) is 6.92 Å². The van der Waals surface area contributed by atoms with Crippen LogP contribution in [-0.2, 0) is 11.3 Å². The van der Waals surface area contributed by atoms with Gasteiger partial charge in [-0.15, -0.1) is 0 Å². The van der Waals surface area contributed by atoms with Crippen molar-refractivity contribution >= 4 is 21.9 Å². The predicted molar refractivity (Wildman–Crippen MR) is 74.5 cm³/mol. The average Bonchev–Trinajstić information content (AvgIpc) is 2.67. The summed E-state index contributed by atoms with van der Waals surface area (Å²) in [6, 6.07) is 6.30. The van der Waals surface area contributed by atoms with Crippen molar-refractivity contribution in [1.82, 2.24) is 4.90 Å². The van der Waals surface area contributed by atoms with E-state index in [4.69, 9.17) is 0 Å². The van der Waals surface area contributed by atoms with E-state index in [1.54, 1.807) is 0 Å². The van der Waals surface area contributed by atoms with Gasteiger partial charge in [-0.25, -0.2) is 0 Å². The summed E-state index contributed by atoms with van der Waals surface area (Å²) in [5.74, 6) is -0.683. The lowest BCUT2D eigenvalue weighted by atomic mass is 9.90. The van der Waals surface area contributed by atoms with Gasteiger partial charge in [0.05, 0.1) is 5.41 Å². The summed E-state index contributed by atoms with van der Waals surface area (Å²) in [6.45, 7) is 6.23. The first-order valence-corrected chi connectivity index (χ1v) is 6.91. The van der Waals surface area contributed by atoms with Crippen LogP contribution in [0.3, 0.4) is 0 Å². The Balaban J connectivity index is 2.03. The lowest BCUT2D eigenvalue weighted by Gasteiger charge is -2.20. The number of aryl methyl sites for hydroxylation is 1. The Morgan fingerprint density at radius 3 is 2.83 bits per heavy atom. The molecule has 0 aromatic heterocycles. The fourth-order valence-electron chi connectivity index (χ4n) is 2.43. The maximum atomic E-state index is 11.2. The molecule has 1 aromatic carbocycles. The molecule has 1 aliphatic rings. The van der Waals surface area contributed by atoms with Gasteiger partial charge in [0.1, 0.15) is 0 Å². The van der Waals surface area contributed by atoms with Crippen molar-refractivity contribution in [3.8, 4) is 0 Å². The van der Waals surface area contributed by atoms with Crippen LogP contribution in [0.25, 0.3) is 0 Å². The van der Waals surface area contributed by atoms with Crippen molar-refractivity contribution in [1.29, 1.82) is 0 Å². The van der Waals surface area contributed by atoms with E-state index in [1.165, 1.54) is 11.1 Å². The maximum absolute atomic E-state index is 11.2. The van der Waals surface area contributed by atoms with Gasteiger partial charge >= 0.3 is 5.97 Å². The van der Waals surface area contributed by atoms with E-state index in [2.05, 4.69) is 46.0 Å². The molecule has 1 heterocycles. The number of rotatable bonds is 3. The fraction of sp³-hybridized carbons (Fsp3) is 0.500. The van der Waals surface area contributed by atoms with Crippen molar-refractivity contribution < 1.29 is 9.90 Å². The van der Waals surface area contributed by atoms with E-state index >= 15 is 0 Å². The molecule has 0 bridgehead atoms. The van der Waals surface area contributed by atoms with Crippen LogP contribution in [0.4, 0.5) is 0 Å². The summed E-state index contributed by atoms with van der Waals surface area (Å²) in [5, 5.41) is 9.20. The third-order valence-electron chi connectivity index (χ3n) is 3.70. The summed E-state index contributed by atoms with van der Waals surface area (Å²) in [6.07, 6.45) is 0.734. The van der Waals surface area contributed by atoms with E-state index in [0.717, 1.165) is 24.0 Å². The summed E-state index contributed by atoms with van der Waals surface area (Å²) >= 11 is 3.49.